The molecule has 4 saturated carbocycles. The molecule has 4 fully saturated rings. The van der Waals surface area contributed by atoms with E-state index in [0.29, 0.717) is 0 Å². The first-order chi connectivity index (χ1) is 25.0. The van der Waals surface area contributed by atoms with Crippen LogP contribution < -0.4 is 4.90 Å². The van der Waals surface area contributed by atoms with Crippen LogP contribution in [0.1, 0.15) is 120 Å². The fraction of sp³-hybridized carbons (Fsp3) is 0.412. The molecule has 0 heterocycles. The van der Waals surface area contributed by atoms with E-state index in [9.17, 15) is 0 Å². The lowest BCUT2D eigenvalue weighted by molar-refractivity contribution is -0.0399. The fourth-order valence-corrected chi connectivity index (χ4v) is 13.6. The monoisotopic (exact) mass is 679 g/mol. The maximum atomic E-state index is 2.77. The predicted octanol–water partition coefficient (Wildman–Crippen LogP) is 13.5. The van der Waals surface area contributed by atoms with Crippen LogP contribution in [0.4, 0.5) is 17.1 Å². The molecule has 5 aromatic rings. The fourth-order valence-electron chi connectivity index (χ4n) is 13.6. The second-order valence-electron chi connectivity index (χ2n) is 19.6. The largest absolute Gasteiger partial charge is 0.309 e. The van der Waals surface area contributed by atoms with Crippen LogP contribution in [0.25, 0.3) is 22.3 Å². The second kappa shape index (κ2) is 10.3. The number of hydrogen-bond acceptors (Lipinski definition) is 1. The Kier molecular flexibility index (Phi) is 6.23. The molecule has 0 N–H and O–H groups in total. The summed E-state index contributed by atoms with van der Waals surface area (Å²) in [4.78, 5) is 2.77. The zero-order chi connectivity index (χ0) is 35.4. The summed E-state index contributed by atoms with van der Waals surface area (Å²) in [6.45, 7) is 14.8. The van der Waals surface area contributed by atoms with E-state index in [1.807, 2.05) is 0 Å². The van der Waals surface area contributed by atoms with Gasteiger partial charge in [-0.05, 0) is 142 Å². The lowest BCUT2D eigenvalue weighted by Gasteiger charge is -2.61. The lowest BCUT2D eigenvalue weighted by atomic mass is 9.43. The third-order valence-corrected chi connectivity index (χ3v) is 15.7. The van der Waals surface area contributed by atoms with Gasteiger partial charge in [0.05, 0.1) is 17.1 Å². The Hall–Kier alpha value is -4.10. The minimum Gasteiger partial charge on any atom is -0.309 e. The van der Waals surface area contributed by atoms with Crippen molar-refractivity contribution >= 4 is 17.1 Å². The van der Waals surface area contributed by atoms with Crippen molar-refractivity contribution < 1.29 is 0 Å². The first-order valence-corrected chi connectivity index (χ1v) is 20.4. The molecule has 5 aromatic carbocycles. The van der Waals surface area contributed by atoms with Crippen molar-refractivity contribution in [2.75, 3.05) is 4.90 Å². The van der Waals surface area contributed by atoms with E-state index in [1.54, 1.807) is 11.1 Å². The number of nitrogens with zero attached hydrogens (tertiary/aromatic N) is 1. The zero-order valence-corrected chi connectivity index (χ0v) is 32.0. The molecule has 1 nitrogen and oxygen atoms in total. The molecule has 7 aliphatic rings. The highest BCUT2D eigenvalue weighted by Crippen LogP contribution is 2.71. The lowest BCUT2D eigenvalue weighted by Crippen LogP contribution is -2.55. The number of rotatable bonds is 3. The van der Waals surface area contributed by atoms with E-state index in [1.165, 1.54) is 107 Å². The average molecular weight is 680 g/mol. The van der Waals surface area contributed by atoms with Gasteiger partial charge in [0, 0.05) is 22.0 Å². The summed E-state index contributed by atoms with van der Waals surface area (Å²) in [7, 11) is 0. The Bertz CT molecular complexity index is 2290. The van der Waals surface area contributed by atoms with E-state index in [2.05, 4.69) is 150 Å². The molecule has 7 aliphatic carbocycles. The second-order valence-corrected chi connectivity index (χ2v) is 19.6. The van der Waals surface area contributed by atoms with Crippen molar-refractivity contribution in [3.8, 4) is 22.3 Å². The Balaban J connectivity index is 1.25. The maximum absolute atomic E-state index is 2.77. The van der Waals surface area contributed by atoms with Gasteiger partial charge in [-0.3, -0.25) is 0 Å². The Morgan fingerprint density at radius 1 is 0.442 bits per heavy atom. The quantitative estimate of drug-likeness (QED) is 0.183. The van der Waals surface area contributed by atoms with Crippen LogP contribution in [-0.2, 0) is 21.7 Å². The van der Waals surface area contributed by atoms with Crippen molar-refractivity contribution in [3.05, 3.63) is 137 Å². The molecule has 4 bridgehead atoms. The van der Waals surface area contributed by atoms with Gasteiger partial charge in [-0.15, -0.1) is 0 Å². The summed E-state index contributed by atoms with van der Waals surface area (Å²) in [5, 5.41) is 0. The van der Waals surface area contributed by atoms with E-state index < -0.39 is 0 Å². The smallest absolute Gasteiger partial charge is 0.0543 e. The van der Waals surface area contributed by atoms with Crippen LogP contribution in [0.5, 0.6) is 0 Å². The predicted molar refractivity (Wildman–Crippen MR) is 217 cm³/mol. The number of anilines is 3. The normalized spacial score (nSPS) is 28.6. The van der Waals surface area contributed by atoms with E-state index >= 15 is 0 Å². The molecule has 0 saturated heterocycles. The van der Waals surface area contributed by atoms with Crippen LogP contribution in [0.3, 0.4) is 0 Å². The topological polar surface area (TPSA) is 3.24 Å². The molecule has 52 heavy (non-hydrogen) atoms. The standard InChI is InChI=1S/C51H53N/c1-48(2)24-25-49(3,4)47-41(48)20-13-23-44(47)52(42-21-11-18-39-45(42)35-14-7-9-16-37(35)50(39,5)6)43-22-12-19-40-46(43)36-15-8-10-17-38(36)51(40)33-27-31-26-32(29-33)30-34(51)28-31/h7-23,31-34H,24-30H2,1-6H3. The zero-order valence-electron chi connectivity index (χ0n) is 32.0. The van der Waals surface area contributed by atoms with Gasteiger partial charge in [-0.25, -0.2) is 0 Å². The van der Waals surface area contributed by atoms with Crippen LogP contribution in [0.2, 0.25) is 0 Å². The summed E-state index contributed by atoms with van der Waals surface area (Å²) in [5.41, 5.74) is 19.2. The summed E-state index contributed by atoms with van der Waals surface area (Å²) in [5.74, 6) is 3.35. The Morgan fingerprint density at radius 2 is 0.923 bits per heavy atom. The van der Waals surface area contributed by atoms with Crippen molar-refractivity contribution in [1.29, 1.82) is 0 Å². The van der Waals surface area contributed by atoms with E-state index in [-0.39, 0.29) is 21.7 Å². The van der Waals surface area contributed by atoms with Crippen LogP contribution in [-0.4, -0.2) is 0 Å². The van der Waals surface area contributed by atoms with Crippen molar-refractivity contribution in [3.63, 3.8) is 0 Å². The van der Waals surface area contributed by atoms with Gasteiger partial charge in [0.1, 0.15) is 0 Å². The number of fused-ring (bicyclic) bond motifs is 7. The van der Waals surface area contributed by atoms with Crippen LogP contribution in [0.15, 0.2) is 103 Å². The van der Waals surface area contributed by atoms with E-state index in [4.69, 9.17) is 0 Å². The first-order valence-electron chi connectivity index (χ1n) is 20.4. The Morgan fingerprint density at radius 3 is 1.58 bits per heavy atom. The summed E-state index contributed by atoms with van der Waals surface area (Å²) in [6, 6.07) is 40.8. The molecular formula is C51H53N. The molecule has 0 amide bonds. The first kappa shape index (κ1) is 31.4. The Labute approximate surface area is 311 Å². The van der Waals surface area contributed by atoms with Crippen LogP contribution in [0, 0.1) is 23.7 Å². The number of benzene rings is 5. The summed E-state index contributed by atoms with van der Waals surface area (Å²) >= 11 is 0. The third kappa shape index (κ3) is 3.86. The highest BCUT2D eigenvalue weighted by Gasteiger charge is 2.62. The minimum absolute atomic E-state index is 0.0489. The number of hydrogen-bond donors (Lipinski definition) is 0. The SMILES string of the molecule is CC1(C)CCC(C)(C)c2c(N(c3cccc4c3-c3ccccc3C4(C)C)c3cccc4c3-c3ccccc3C43C4CC5CC(C4)CC3C5)cccc21. The molecule has 0 aliphatic heterocycles. The molecule has 0 unspecified atom stereocenters. The molecule has 0 atom stereocenters. The summed E-state index contributed by atoms with van der Waals surface area (Å²) < 4.78 is 0. The average Bonchev–Trinajstić information content (AvgIpc) is 3.56. The van der Waals surface area contributed by atoms with Crippen molar-refractivity contribution in [1.82, 2.24) is 0 Å². The van der Waals surface area contributed by atoms with Gasteiger partial charge in [-0.2, -0.15) is 0 Å². The molecule has 12 rings (SSSR count). The molecule has 262 valence electrons. The van der Waals surface area contributed by atoms with Crippen molar-refractivity contribution in [2.45, 2.75) is 108 Å². The van der Waals surface area contributed by atoms with Gasteiger partial charge < -0.3 is 4.90 Å². The van der Waals surface area contributed by atoms with Gasteiger partial charge in [0.25, 0.3) is 0 Å². The molecule has 0 aromatic heterocycles. The van der Waals surface area contributed by atoms with Crippen LogP contribution >= 0.6 is 0 Å². The van der Waals surface area contributed by atoms with E-state index in [0.717, 1.165) is 23.7 Å². The third-order valence-electron chi connectivity index (χ3n) is 15.7. The molecule has 1 heteroatoms. The van der Waals surface area contributed by atoms with Gasteiger partial charge in [0.15, 0.2) is 0 Å². The highest BCUT2D eigenvalue weighted by molar-refractivity contribution is 6.01. The highest BCUT2D eigenvalue weighted by atomic mass is 15.2. The minimum atomic E-state index is -0.0688. The van der Waals surface area contributed by atoms with Gasteiger partial charge in [-0.1, -0.05) is 126 Å². The maximum Gasteiger partial charge on any atom is 0.0543 e. The van der Waals surface area contributed by atoms with Gasteiger partial charge in [0.2, 0.25) is 0 Å². The molecular weight excluding hydrogens is 627 g/mol. The molecule has 1 spiro atoms. The summed E-state index contributed by atoms with van der Waals surface area (Å²) in [6.07, 6.45) is 9.49. The van der Waals surface area contributed by atoms with Gasteiger partial charge >= 0.3 is 0 Å². The van der Waals surface area contributed by atoms with Crippen molar-refractivity contribution in [2.24, 2.45) is 23.7 Å². The molecule has 0 radical (unpaired) electrons.